The van der Waals surface area contributed by atoms with E-state index in [9.17, 15) is 14.7 Å². The van der Waals surface area contributed by atoms with Gasteiger partial charge in [0.2, 0.25) is 0 Å². The molecule has 0 fully saturated rings. The molecule has 0 aliphatic heterocycles. The lowest BCUT2D eigenvalue weighted by Crippen LogP contribution is -2.19. The average molecular weight is 270 g/mol. The van der Waals surface area contributed by atoms with Crippen molar-refractivity contribution < 1.29 is 19.8 Å². The topological polar surface area (TPSA) is 74.6 Å². The van der Waals surface area contributed by atoms with E-state index in [2.05, 4.69) is 0 Å². The second kappa shape index (κ2) is 6.12. The fourth-order valence-electron chi connectivity index (χ4n) is 2.10. The summed E-state index contributed by atoms with van der Waals surface area (Å²) in [5, 5.41) is 18.6. The number of aliphatic hydroxyl groups excluding tert-OH is 1. The number of aromatic carboxylic acids is 1. The molecule has 0 radical (unpaired) electrons. The van der Waals surface area contributed by atoms with Crippen LogP contribution >= 0.6 is 0 Å². The molecular weight excluding hydrogens is 256 g/mol. The van der Waals surface area contributed by atoms with Crippen LogP contribution in [-0.4, -0.2) is 28.6 Å². The van der Waals surface area contributed by atoms with Gasteiger partial charge < -0.3 is 10.2 Å². The first-order valence-corrected chi connectivity index (χ1v) is 6.17. The Morgan fingerprint density at radius 3 is 2.00 bits per heavy atom. The molecule has 102 valence electrons. The molecule has 2 rings (SSSR count). The van der Waals surface area contributed by atoms with Crippen molar-refractivity contribution in [2.45, 2.75) is 5.92 Å². The van der Waals surface area contributed by atoms with E-state index >= 15 is 0 Å². The molecule has 0 amide bonds. The number of rotatable bonds is 5. The zero-order valence-corrected chi connectivity index (χ0v) is 10.7. The molecule has 0 saturated heterocycles. The minimum Gasteiger partial charge on any atom is -0.478 e. The Morgan fingerprint density at radius 2 is 1.45 bits per heavy atom. The van der Waals surface area contributed by atoms with Crippen LogP contribution in [0.3, 0.4) is 0 Å². The molecule has 0 aliphatic rings. The van der Waals surface area contributed by atoms with Gasteiger partial charge in [0.05, 0.1) is 18.1 Å². The van der Waals surface area contributed by atoms with Gasteiger partial charge in [-0.15, -0.1) is 0 Å². The van der Waals surface area contributed by atoms with Crippen molar-refractivity contribution in [2.75, 3.05) is 6.61 Å². The van der Waals surface area contributed by atoms with E-state index < -0.39 is 17.7 Å². The largest absolute Gasteiger partial charge is 0.478 e. The number of aliphatic hydroxyl groups is 1. The highest BCUT2D eigenvalue weighted by Gasteiger charge is 2.24. The van der Waals surface area contributed by atoms with Gasteiger partial charge in [0.25, 0.3) is 0 Å². The number of hydrogen-bond acceptors (Lipinski definition) is 3. The normalized spacial score (nSPS) is 11.8. The predicted octanol–water partition coefficient (Wildman–Crippen LogP) is 2.34. The molecule has 2 N–H and O–H groups in total. The molecular formula is C16H14O4. The molecule has 0 aliphatic carbocycles. The van der Waals surface area contributed by atoms with Gasteiger partial charge in [-0.05, 0) is 11.6 Å². The predicted molar refractivity (Wildman–Crippen MR) is 74.0 cm³/mol. The summed E-state index contributed by atoms with van der Waals surface area (Å²) in [4.78, 5) is 23.6. The molecule has 0 saturated carbocycles. The van der Waals surface area contributed by atoms with Crippen molar-refractivity contribution >= 4 is 11.8 Å². The minimum atomic E-state index is -1.15. The third-order valence-corrected chi connectivity index (χ3v) is 3.12. The summed E-state index contributed by atoms with van der Waals surface area (Å²) in [6.45, 7) is -0.364. The van der Waals surface area contributed by atoms with Gasteiger partial charge in [0, 0.05) is 5.56 Å². The molecule has 0 spiro atoms. The molecule has 2 aromatic rings. The Bertz CT molecular complexity index is 619. The van der Waals surface area contributed by atoms with E-state index in [-0.39, 0.29) is 17.7 Å². The summed E-state index contributed by atoms with van der Waals surface area (Å²) < 4.78 is 0. The number of carbonyl (C=O) groups excluding carboxylic acids is 1. The van der Waals surface area contributed by atoms with Crippen molar-refractivity contribution in [2.24, 2.45) is 0 Å². The van der Waals surface area contributed by atoms with E-state index in [1.807, 2.05) is 6.07 Å². The molecule has 0 heterocycles. The van der Waals surface area contributed by atoms with Gasteiger partial charge in [-0.25, -0.2) is 4.79 Å². The highest BCUT2D eigenvalue weighted by atomic mass is 16.4. The number of carboxylic acid groups (broad SMARTS) is 1. The Hall–Kier alpha value is -2.46. The maximum atomic E-state index is 12.5. The highest BCUT2D eigenvalue weighted by Crippen LogP contribution is 2.22. The summed E-state index contributed by atoms with van der Waals surface area (Å²) in [7, 11) is 0. The van der Waals surface area contributed by atoms with Gasteiger partial charge in [-0.3, -0.25) is 4.79 Å². The lowest BCUT2D eigenvalue weighted by Gasteiger charge is -2.14. The zero-order chi connectivity index (χ0) is 14.5. The zero-order valence-electron chi connectivity index (χ0n) is 10.7. The second-order valence-corrected chi connectivity index (χ2v) is 4.36. The van der Waals surface area contributed by atoms with Crippen molar-refractivity contribution in [1.29, 1.82) is 0 Å². The summed E-state index contributed by atoms with van der Waals surface area (Å²) in [5.74, 6) is -2.30. The summed E-state index contributed by atoms with van der Waals surface area (Å²) in [5.41, 5.74) is 0.731. The van der Waals surface area contributed by atoms with Crippen molar-refractivity contribution in [3.63, 3.8) is 0 Å². The molecule has 1 unspecified atom stereocenters. The van der Waals surface area contributed by atoms with E-state index in [1.165, 1.54) is 12.1 Å². The van der Waals surface area contributed by atoms with Gasteiger partial charge in [0.15, 0.2) is 5.78 Å². The van der Waals surface area contributed by atoms with Crippen LogP contribution in [0.25, 0.3) is 0 Å². The maximum absolute atomic E-state index is 12.5. The number of Topliss-reactive ketones (excluding diaryl/α,β-unsaturated/α-hetero) is 1. The van der Waals surface area contributed by atoms with Gasteiger partial charge >= 0.3 is 5.97 Å². The number of ketones is 1. The van der Waals surface area contributed by atoms with Crippen LogP contribution in [0.15, 0.2) is 54.6 Å². The van der Waals surface area contributed by atoms with E-state index in [0.717, 1.165) is 0 Å². The number of carbonyl (C=O) groups is 2. The Morgan fingerprint density at radius 1 is 0.900 bits per heavy atom. The SMILES string of the molecule is O=C(O)c1ccccc1C(=O)C(CO)c1ccccc1. The Labute approximate surface area is 116 Å². The van der Waals surface area contributed by atoms with Gasteiger partial charge in [-0.2, -0.15) is 0 Å². The molecule has 0 aromatic heterocycles. The smallest absolute Gasteiger partial charge is 0.336 e. The highest BCUT2D eigenvalue weighted by molar-refractivity contribution is 6.08. The molecule has 2 aromatic carbocycles. The average Bonchev–Trinajstić information content (AvgIpc) is 2.49. The first-order valence-electron chi connectivity index (χ1n) is 6.17. The third kappa shape index (κ3) is 2.75. The van der Waals surface area contributed by atoms with Crippen LogP contribution in [-0.2, 0) is 0 Å². The Balaban J connectivity index is 2.42. The molecule has 1 atom stereocenters. The molecule has 4 heteroatoms. The van der Waals surface area contributed by atoms with E-state index in [1.54, 1.807) is 36.4 Å². The third-order valence-electron chi connectivity index (χ3n) is 3.12. The molecule has 20 heavy (non-hydrogen) atoms. The van der Waals surface area contributed by atoms with Gasteiger partial charge in [-0.1, -0.05) is 48.5 Å². The quantitative estimate of drug-likeness (QED) is 0.818. The second-order valence-electron chi connectivity index (χ2n) is 4.36. The number of carboxylic acids is 1. The maximum Gasteiger partial charge on any atom is 0.336 e. The lowest BCUT2D eigenvalue weighted by atomic mass is 9.89. The van der Waals surface area contributed by atoms with E-state index in [4.69, 9.17) is 5.11 Å². The monoisotopic (exact) mass is 270 g/mol. The molecule has 4 nitrogen and oxygen atoms in total. The summed E-state index contributed by atoms with van der Waals surface area (Å²) in [6.07, 6.45) is 0. The van der Waals surface area contributed by atoms with Crippen LogP contribution in [0, 0.1) is 0 Å². The van der Waals surface area contributed by atoms with Crippen LogP contribution in [0.5, 0.6) is 0 Å². The fourth-order valence-corrected chi connectivity index (χ4v) is 2.10. The van der Waals surface area contributed by atoms with Crippen LogP contribution in [0.4, 0.5) is 0 Å². The fraction of sp³-hybridized carbons (Fsp3) is 0.125. The van der Waals surface area contributed by atoms with Crippen LogP contribution in [0.1, 0.15) is 32.2 Å². The van der Waals surface area contributed by atoms with Crippen molar-refractivity contribution in [3.8, 4) is 0 Å². The van der Waals surface area contributed by atoms with Crippen LogP contribution in [0.2, 0.25) is 0 Å². The molecule has 0 bridgehead atoms. The lowest BCUT2D eigenvalue weighted by molar-refractivity contribution is 0.0690. The van der Waals surface area contributed by atoms with E-state index in [0.29, 0.717) is 5.56 Å². The van der Waals surface area contributed by atoms with Crippen molar-refractivity contribution in [3.05, 3.63) is 71.3 Å². The Kier molecular flexibility index (Phi) is 4.27. The van der Waals surface area contributed by atoms with Crippen molar-refractivity contribution in [1.82, 2.24) is 0 Å². The minimum absolute atomic E-state index is 0.0492. The van der Waals surface area contributed by atoms with Gasteiger partial charge in [0.1, 0.15) is 0 Å². The summed E-state index contributed by atoms with van der Waals surface area (Å²) in [6, 6.07) is 14.9. The number of benzene rings is 2. The van der Waals surface area contributed by atoms with Crippen LogP contribution < -0.4 is 0 Å². The standard InChI is InChI=1S/C16H14O4/c17-10-14(11-6-2-1-3-7-11)15(18)12-8-4-5-9-13(12)16(19)20/h1-9,14,17H,10H2,(H,19,20). The first kappa shape index (κ1) is 14.0. The summed E-state index contributed by atoms with van der Waals surface area (Å²) >= 11 is 0. The first-order chi connectivity index (χ1) is 9.65. The number of hydrogen-bond donors (Lipinski definition) is 2.